The maximum atomic E-state index is 11.4. The van der Waals surface area contributed by atoms with E-state index in [9.17, 15) is 9.59 Å². The van der Waals surface area contributed by atoms with Crippen LogP contribution < -0.4 is 5.69 Å². The van der Waals surface area contributed by atoms with Crippen LogP contribution in [0.25, 0.3) is 16.7 Å². The maximum Gasteiger partial charge on any atom is 0.330 e. The van der Waals surface area contributed by atoms with E-state index in [2.05, 4.69) is 16.3 Å². The van der Waals surface area contributed by atoms with E-state index in [0.29, 0.717) is 13.0 Å². The number of hydrogen-bond donors (Lipinski definition) is 1. The van der Waals surface area contributed by atoms with E-state index in [0.717, 1.165) is 23.2 Å². The van der Waals surface area contributed by atoms with Gasteiger partial charge in [0.05, 0.1) is 17.6 Å². The predicted octanol–water partition coefficient (Wildman–Crippen LogP) is 3.17. The third-order valence-corrected chi connectivity index (χ3v) is 2.73. The lowest BCUT2D eigenvalue weighted by Crippen LogP contribution is -2.13. The molecule has 2 rings (SSSR count). The average molecular weight is 290 g/mol. The zero-order valence-corrected chi connectivity index (χ0v) is 12.8. The molecule has 0 spiro atoms. The topological polar surface area (TPSA) is 64.1 Å². The molecular weight excluding hydrogens is 268 g/mol. The number of nitrogens with zero attached hydrogens (tertiary/aromatic N) is 1. The second kappa shape index (κ2) is 8.09. The van der Waals surface area contributed by atoms with Crippen molar-refractivity contribution in [1.29, 1.82) is 0 Å². The van der Waals surface area contributed by atoms with Crippen molar-refractivity contribution in [1.82, 2.24) is 9.55 Å². The number of esters is 1. The third-order valence-electron chi connectivity index (χ3n) is 2.73. The molecule has 1 heterocycles. The zero-order valence-electron chi connectivity index (χ0n) is 12.8. The van der Waals surface area contributed by atoms with Crippen molar-refractivity contribution < 1.29 is 9.53 Å². The first-order valence-corrected chi connectivity index (χ1v) is 7.02. The first-order chi connectivity index (χ1) is 10.0. The number of hydrogen-bond acceptors (Lipinski definition) is 3. The molecule has 0 saturated heterocycles. The van der Waals surface area contributed by atoms with Gasteiger partial charge in [-0.15, -0.1) is 0 Å². The Labute approximate surface area is 124 Å². The van der Waals surface area contributed by atoms with Gasteiger partial charge < -0.3 is 9.72 Å². The standard InChI is InChI=1S/C10H10N2O.C6H12O2/c1-7(2)12-9-6-4-3-5-8(9)11-10(12)13;1-3-5-6(7)8-4-2/h3-6H,1H2,2H3,(H,11,13);3-5H2,1-2H3. The van der Waals surface area contributed by atoms with Crippen LogP contribution in [-0.4, -0.2) is 22.1 Å². The van der Waals surface area contributed by atoms with Crippen LogP contribution in [0.4, 0.5) is 0 Å². The highest BCUT2D eigenvalue weighted by atomic mass is 16.5. The van der Waals surface area contributed by atoms with E-state index in [4.69, 9.17) is 0 Å². The monoisotopic (exact) mass is 290 g/mol. The molecule has 1 aromatic heterocycles. The molecule has 21 heavy (non-hydrogen) atoms. The van der Waals surface area contributed by atoms with Crippen molar-refractivity contribution in [3.05, 3.63) is 41.3 Å². The number of ether oxygens (including phenoxy) is 1. The van der Waals surface area contributed by atoms with Gasteiger partial charge in [-0.2, -0.15) is 0 Å². The van der Waals surface area contributed by atoms with Crippen molar-refractivity contribution in [2.75, 3.05) is 6.61 Å². The van der Waals surface area contributed by atoms with Gasteiger partial charge in [-0.05, 0) is 32.4 Å². The SMILES string of the molecule is C=C(C)n1c(=O)[nH]c2ccccc21.CCCC(=O)OCC. The lowest BCUT2D eigenvalue weighted by molar-refractivity contribution is -0.143. The van der Waals surface area contributed by atoms with Gasteiger partial charge >= 0.3 is 11.7 Å². The molecule has 5 heteroatoms. The summed E-state index contributed by atoms with van der Waals surface area (Å²) in [5, 5.41) is 0. The molecule has 0 aliphatic rings. The third kappa shape index (κ3) is 4.63. The lowest BCUT2D eigenvalue weighted by atomic mass is 10.3. The minimum atomic E-state index is -0.131. The Balaban J connectivity index is 0.000000240. The minimum Gasteiger partial charge on any atom is -0.466 e. The molecule has 5 nitrogen and oxygen atoms in total. The summed E-state index contributed by atoms with van der Waals surface area (Å²) in [6.07, 6.45) is 1.42. The van der Waals surface area contributed by atoms with E-state index >= 15 is 0 Å². The molecular formula is C16H22N2O3. The summed E-state index contributed by atoms with van der Waals surface area (Å²) in [7, 11) is 0. The first-order valence-electron chi connectivity index (χ1n) is 7.02. The van der Waals surface area contributed by atoms with Crippen LogP contribution in [0.2, 0.25) is 0 Å². The Morgan fingerprint density at radius 2 is 2.00 bits per heavy atom. The number of rotatable bonds is 4. The van der Waals surface area contributed by atoms with Crippen LogP contribution in [0.5, 0.6) is 0 Å². The van der Waals surface area contributed by atoms with E-state index in [1.165, 1.54) is 0 Å². The minimum absolute atomic E-state index is 0.0880. The van der Waals surface area contributed by atoms with Crippen LogP contribution >= 0.6 is 0 Å². The van der Waals surface area contributed by atoms with Crippen molar-refractivity contribution in [3.63, 3.8) is 0 Å². The van der Waals surface area contributed by atoms with Gasteiger partial charge in [0.2, 0.25) is 0 Å². The summed E-state index contributed by atoms with van der Waals surface area (Å²) in [4.78, 5) is 24.6. The predicted molar refractivity (Wildman–Crippen MR) is 85.1 cm³/mol. The number of aromatic amines is 1. The molecule has 0 fully saturated rings. The highest BCUT2D eigenvalue weighted by Gasteiger charge is 2.04. The molecule has 1 aromatic carbocycles. The number of aromatic nitrogens is 2. The fraction of sp³-hybridized carbons (Fsp3) is 0.375. The van der Waals surface area contributed by atoms with E-state index in [1.54, 1.807) is 4.57 Å². The summed E-state index contributed by atoms with van der Waals surface area (Å²) < 4.78 is 6.21. The summed E-state index contributed by atoms with van der Waals surface area (Å²) in [6.45, 7) is 9.83. The normalized spacial score (nSPS) is 9.86. The number of imidazole rings is 1. The molecule has 0 aliphatic carbocycles. The molecule has 0 amide bonds. The Kier molecular flexibility index (Phi) is 6.46. The Bertz CT molecular complexity index is 659. The number of para-hydroxylation sites is 2. The van der Waals surface area contributed by atoms with E-state index in [1.807, 2.05) is 45.0 Å². The van der Waals surface area contributed by atoms with E-state index < -0.39 is 0 Å². The summed E-state index contributed by atoms with van der Waals surface area (Å²) in [5.41, 5.74) is 2.31. The number of fused-ring (bicyclic) bond motifs is 1. The van der Waals surface area contributed by atoms with Gasteiger partial charge in [0.25, 0.3) is 0 Å². The van der Waals surface area contributed by atoms with Crippen LogP contribution in [0.3, 0.4) is 0 Å². The van der Waals surface area contributed by atoms with Gasteiger partial charge in [0, 0.05) is 12.1 Å². The van der Waals surface area contributed by atoms with Gasteiger partial charge in [0.1, 0.15) is 0 Å². The fourth-order valence-corrected chi connectivity index (χ4v) is 1.87. The molecule has 2 aromatic rings. The molecule has 0 atom stereocenters. The molecule has 1 N–H and O–H groups in total. The summed E-state index contributed by atoms with van der Waals surface area (Å²) >= 11 is 0. The summed E-state index contributed by atoms with van der Waals surface area (Å²) in [5.74, 6) is -0.0880. The maximum absolute atomic E-state index is 11.4. The molecule has 0 bridgehead atoms. The number of benzene rings is 1. The van der Waals surface area contributed by atoms with Crippen molar-refractivity contribution in [2.24, 2.45) is 0 Å². The van der Waals surface area contributed by atoms with Gasteiger partial charge in [-0.25, -0.2) is 4.79 Å². The second-order valence-electron chi connectivity index (χ2n) is 4.57. The van der Waals surface area contributed by atoms with Crippen LogP contribution in [-0.2, 0) is 9.53 Å². The van der Waals surface area contributed by atoms with Gasteiger partial charge in [0.15, 0.2) is 0 Å². The van der Waals surface area contributed by atoms with Crippen LogP contribution in [0.1, 0.15) is 33.6 Å². The largest absolute Gasteiger partial charge is 0.466 e. The van der Waals surface area contributed by atoms with Crippen molar-refractivity contribution in [2.45, 2.75) is 33.6 Å². The number of H-pyrrole nitrogens is 1. The van der Waals surface area contributed by atoms with Gasteiger partial charge in [-0.1, -0.05) is 25.6 Å². The smallest absolute Gasteiger partial charge is 0.330 e. The number of carbonyl (C=O) groups is 1. The molecule has 0 unspecified atom stereocenters. The average Bonchev–Trinajstić information content (AvgIpc) is 2.75. The Hall–Kier alpha value is -2.30. The highest BCUT2D eigenvalue weighted by molar-refractivity contribution is 5.78. The first kappa shape index (κ1) is 16.8. The molecule has 0 radical (unpaired) electrons. The van der Waals surface area contributed by atoms with Crippen LogP contribution in [0.15, 0.2) is 35.6 Å². The molecule has 0 saturated carbocycles. The molecule has 0 aliphatic heterocycles. The number of carbonyl (C=O) groups excluding carboxylic acids is 1. The zero-order chi connectivity index (χ0) is 15.8. The molecule has 114 valence electrons. The lowest BCUT2D eigenvalue weighted by Gasteiger charge is -1.98. The Morgan fingerprint density at radius 1 is 1.33 bits per heavy atom. The summed E-state index contributed by atoms with van der Waals surface area (Å²) in [6, 6.07) is 7.55. The van der Waals surface area contributed by atoms with E-state index in [-0.39, 0.29) is 11.7 Å². The number of nitrogens with one attached hydrogen (secondary N) is 1. The van der Waals surface area contributed by atoms with Crippen molar-refractivity contribution >= 4 is 22.7 Å². The fourth-order valence-electron chi connectivity index (χ4n) is 1.87. The second-order valence-corrected chi connectivity index (χ2v) is 4.57. The van der Waals surface area contributed by atoms with Crippen molar-refractivity contribution in [3.8, 4) is 0 Å². The quantitative estimate of drug-likeness (QED) is 0.880. The van der Waals surface area contributed by atoms with Gasteiger partial charge in [-0.3, -0.25) is 9.36 Å². The Morgan fingerprint density at radius 3 is 2.57 bits per heavy atom. The van der Waals surface area contributed by atoms with Crippen LogP contribution in [0, 0.1) is 0 Å². The highest BCUT2D eigenvalue weighted by Crippen LogP contribution is 2.11. The number of allylic oxidation sites excluding steroid dienone is 1.